The Morgan fingerprint density at radius 3 is 2.79 bits per heavy atom. The van der Waals surface area contributed by atoms with Crippen molar-refractivity contribution >= 4 is 17.3 Å². The fraction of sp³-hybridized carbons (Fsp3) is 0.286. The first-order valence-corrected chi connectivity index (χ1v) is 6.69. The van der Waals surface area contributed by atoms with Crippen LogP contribution in [0.25, 0.3) is 5.69 Å². The van der Waals surface area contributed by atoms with Gasteiger partial charge in [-0.25, -0.2) is 4.68 Å². The number of nitrogens with zero attached hydrogens (tertiary/aromatic N) is 3. The van der Waals surface area contributed by atoms with Gasteiger partial charge in [0.25, 0.3) is 0 Å². The summed E-state index contributed by atoms with van der Waals surface area (Å²) in [6, 6.07) is 10.1. The second kappa shape index (κ2) is 6.33. The van der Waals surface area contributed by atoms with E-state index in [2.05, 4.69) is 10.4 Å². The number of benzene rings is 1. The van der Waals surface area contributed by atoms with Gasteiger partial charge in [0.15, 0.2) is 5.11 Å². The summed E-state index contributed by atoms with van der Waals surface area (Å²) in [5.74, 6) is 0. The van der Waals surface area contributed by atoms with Gasteiger partial charge in [-0.15, -0.1) is 0 Å². The molecule has 0 spiro atoms. The molecule has 2 aromatic rings. The minimum absolute atomic E-state index is 0.749. The van der Waals surface area contributed by atoms with Crippen LogP contribution in [0.15, 0.2) is 42.7 Å². The highest BCUT2D eigenvalue weighted by atomic mass is 32.1. The average Bonchev–Trinajstić information content (AvgIpc) is 2.88. The summed E-state index contributed by atoms with van der Waals surface area (Å²) in [6.07, 6.45) is 3.90. The lowest BCUT2D eigenvalue weighted by Gasteiger charge is -2.19. The van der Waals surface area contributed by atoms with Gasteiger partial charge < -0.3 is 10.2 Å². The molecule has 0 radical (unpaired) electrons. The Kier molecular flexibility index (Phi) is 4.52. The first kappa shape index (κ1) is 13.5. The SMILES string of the molecule is CCNC(=S)N(C)Cc1cnn(-c2ccccc2)c1. The third-order valence-corrected chi connectivity index (χ3v) is 3.21. The molecule has 1 heterocycles. The van der Waals surface area contributed by atoms with E-state index in [9.17, 15) is 0 Å². The van der Waals surface area contributed by atoms with Crippen LogP contribution in [0, 0.1) is 0 Å². The minimum Gasteiger partial charge on any atom is -0.363 e. The fourth-order valence-corrected chi connectivity index (χ4v) is 2.00. The van der Waals surface area contributed by atoms with Crippen molar-refractivity contribution in [2.45, 2.75) is 13.5 Å². The van der Waals surface area contributed by atoms with Crippen molar-refractivity contribution in [1.29, 1.82) is 0 Å². The molecule has 0 fully saturated rings. The lowest BCUT2D eigenvalue weighted by molar-refractivity contribution is 0.491. The smallest absolute Gasteiger partial charge is 0.168 e. The molecule has 0 saturated carbocycles. The molecule has 5 heteroatoms. The Morgan fingerprint density at radius 1 is 1.37 bits per heavy atom. The predicted octanol–water partition coefficient (Wildman–Crippen LogP) is 2.20. The number of nitrogens with one attached hydrogen (secondary N) is 1. The maximum absolute atomic E-state index is 5.26. The van der Waals surface area contributed by atoms with E-state index in [1.54, 1.807) is 0 Å². The van der Waals surface area contributed by atoms with Crippen molar-refractivity contribution in [2.24, 2.45) is 0 Å². The normalized spacial score (nSPS) is 10.2. The number of hydrogen-bond acceptors (Lipinski definition) is 2. The summed E-state index contributed by atoms with van der Waals surface area (Å²) in [4.78, 5) is 2.01. The summed E-state index contributed by atoms with van der Waals surface area (Å²) in [5.41, 5.74) is 2.19. The number of hydrogen-bond donors (Lipinski definition) is 1. The van der Waals surface area contributed by atoms with Gasteiger partial charge in [-0.2, -0.15) is 5.10 Å². The van der Waals surface area contributed by atoms with Crippen LogP contribution in [0.1, 0.15) is 12.5 Å². The molecular formula is C14H18N4S. The quantitative estimate of drug-likeness (QED) is 0.867. The molecule has 0 atom stereocenters. The molecule has 0 aliphatic carbocycles. The molecule has 2 rings (SSSR count). The van der Waals surface area contributed by atoms with Gasteiger partial charge in [0.1, 0.15) is 0 Å². The standard InChI is InChI=1S/C14H18N4S/c1-3-15-14(19)17(2)10-12-9-16-18(11-12)13-7-5-4-6-8-13/h4-9,11H,3,10H2,1-2H3,(H,15,19). The number of rotatable bonds is 4. The summed E-state index contributed by atoms with van der Waals surface area (Å²) < 4.78 is 1.87. The highest BCUT2D eigenvalue weighted by Gasteiger charge is 2.06. The van der Waals surface area contributed by atoms with E-state index in [1.807, 2.05) is 66.3 Å². The van der Waals surface area contributed by atoms with Crippen LogP contribution in [0.2, 0.25) is 0 Å². The second-order valence-corrected chi connectivity index (χ2v) is 4.71. The van der Waals surface area contributed by atoms with Gasteiger partial charge in [-0.3, -0.25) is 0 Å². The highest BCUT2D eigenvalue weighted by molar-refractivity contribution is 7.80. The molecule has 19 heavy (non-hydrogen) atoms. The minimum atomic E-state index is 0.749. The Hall–Kier alpha value is -1.88. The van der Waals surface area contributed by atoms with Gasteiger partial charge in [0.2, 0.25) is 0 Å². The fourth-order valence-electron chi connectivity index (χ4n) is 1.80. The van der Waals surface area contributed by atoms with Crippen molar-refractivity contribution in [3.05, 3.63) is 48.3 Å². The molecule has 1 aromatic heterocycles. The Labute approximate surface area is 119 Å². The molecular weight excluding hydrogens is 256 g/mol. The molecule has 0 aliphatic heterocycles. The zero-order chi connectivity index (χ0) is 13.7. The summed E-state index contributed by atoms with van der Waals surface area (Å²) in [6.45, 7) is 3.62. The van der Waals surface area contributed by atoms with Crippen molar-refractivity contribution in [3.8, 4) is 5.69 Å². The van der Waals surface area contributed by atoms with Crippen LogP contribution in [0.4, 0.5) is 0 Å². The molecule has 0 saturated heterocycles. The monoisotopic (exact) mass is 274 g/mol. The molecule has 0 unspecified atom stereocenters. The van der Waals surface area contributed by atoms with Crippen LogP contribution >= 0.6 is 12.2 Å². The molecule has 0 aliphatic rings. The van der Waals surface area contributed by atoms with Gasteiger partial charge in [0.05, 0.1) is 11.9 Å². The van der Waals surface area contributed by atoms with Crippen LogP contribution in [0.5, 0.6) is 0 Å². The molecule has 4 nitrogen and oxygen atoms in total. The van der Waals surface area contributed by atoms with Gasteiger partial charge in [0, 0.05) is 31.9 Å². The number of thiocarbonyl (C=S) groups is 1. The Morgan fingerprint density at radius 2 is 2.11 bits per heavy atom. The lowest BCUT2D eigenvalue weighted by Crippen LogP contribution is -2.36. The van der Waals surface area contributed by atoms with Crippen molar-refractivity contribution in [1.82, 2.24) is 20.0 Å². The maximum Gasteiger partial charge on any atom is 0.168 e. The van der Waals surface area contributed by atoms with Gasteiger partial charge in [-0.05, 0) is 31.3 Å². The molecule has 1 N–H and O–H groups in total. The first-order chi connectivity index (χ1) is 9.20. The van der Waals surface area contributed by atoms with E-state index in [0.717, 1.165) is 29.5 Å². The Bertz CT molecular complexity index is 535. The second-order valence-electron chi connectivity index (χ2n) is 4.32. The summed E-state index contributed by atoms with van der Waals surface area (Å²) in [5, 5.41) is 8.26. The number of para-hydroxylation sites is 1. The van der Waals surface area contributed by atoms with Crippen molar-refractivity contribution in [2.75, 3.05) is 13.6 Å². The van der Waals surface area contributed by atoms with Crippen LogP contribution in [0.3, 0.4) is 0 Å². The van der Waals surface area contributed by atoms with Crippen molar-refractivity contribution < 1.29 is 0 Å². The third kappa shape index (κ3) is 3.54. The predicted molar refractivity (Wildman–Crippen MR) is 81.3 cm³/mol. The molecule has 100 valence electrons. The van der Waals surface area contributed by atoms with Crippen molar-refractivity contribution in [3.63, 3.8) is 0 Å². The molecule has 1 aromatic carbocycles. The maximum atomic E-state index is 5.26. The topological polar surface area (TPSA) is 33.1 Å². The van der Waals surface area contributed by atoms with Crippen LogP contribution < -0.4 is 5.32 Å². The highest BCUT2D eigenvalue weighted by Crippen LogP contribution is 2.09. The van der Waals surface area contributed by atoms with E-state index in [0.29, 0.717) is 0 Å². The summed E-state index contributed by atoms with van der Waals surface area (Å²) >= 11 is 5.26. The zero-order valence-electron chi connectivity index (χ0n) is 11.2. The van der Waals surface area contributed by atoms with E-state index in [1.165, 1.54) is 0 Å². The number of aromatic nitrogens is 2. The zero-order valence-corrected chi connectivity index (χ0v) is 12.0. The largest absolute Gasteiger partial charge is 0.363 e. The molecule has 0 amide bonds. The van der Waals surface area contributed by atoms with Crippen LogP contribution in [-0.2, 0) is 6.54 Å². The van der Waals surface area contributed by atoms with E-state index >= 15 is 0 Å². The van der Waals surface area contributed by atoms with E-state index in [4.69, 9.17) is 12.2 Å². The van der Waals surface area contributed by atoms with E-state index < -0.39 is 0 Å². The first-order valence-electron chi connectivity index (χ1n) is 6.28. The average molecular weight is 274 g/mol. The summed E-state index contributed by atoms with van der Waals surface area (Å²) in [7, 11) is 1.98. The van der Waals surface area contributed by atoms with Crippen LogP contribution in [-0.4, -0.2) is 33.4 Å². The van der Waals surface area contributed by atoms with Gasteiger partial charge in [-0.1, -0.05) is 18.2 Å². The molecule has 0 bridgehead atoms. The third-order valence-electron chi connectivity index (χ3n) is 2.75. The Balaban J connectivity index is 2.04. The lowest BCUT2D eigenvalue weighted by atomic mass is 10.3. The van der Waals surface area contributed by atoms with E-state index in [-0.39, 0.29) is 0 Å². The van der Waals surface area contributed by atoms with Gasteiger partial charge >= 0.3 is 0 Å².